The van der Waals surface area contributed by atoms with Gasteiger partial charge in [0.15, 0.2) is 0 Å². The second kappa shape index (κ2) is 6.83. The van der Waals surface area contributed by atoms with Crippen LogP contribution in [0.15, 0.2) is 24.3 Å². The van der Waals surface area contributed by atoms with E-state index in [-0.39, 0.29) is 17.0 Å². The lowest BCUT2D eigenvalue weighted by Gasteiger charge is -2.21. The van der Waals surface area contributed by atoms with Crippen LogP contribution in [0.25, 0.3) is 0 Å². The molecule has 0 bridgehead atoms. The number of ether oxygens (including phenoxy) is 1. The van der Waals surface area contributed by atoms with Crippen molar-refractivity contribution in [3.05, 3.63) is 34.7 Å². The van der Waals surface area contributed by atoms with Gasteiger partial charge in [0.2, 0.25) is 0 Å². The molecule has 1 amide bonds. The van der Waals surface area contributed by atoms with Crippen LogP contribution in [-0.2, 0) is 16.0 Å². The lowest BCUT2D eigenvalue weighted by Crippen LogP contribution is -2.41. The van der Waals surface area contributed by atoms with Crippen molar-refractivity contribution >= 4 is 18.1 Å². The van der Waals surface area contributed by atoms with E-state index in [9.17, 15) is 14.5 Å². The highest BCUT2D eigenvalue weighted by atomic mass is 16.6. The van der Waals surface area contributed by atoms with Crippen LogP contribution in [-0.4, -0.2) is 34.2 Å². The normalized spacial score (nSPS) is 12.3. The van der Waals surface area contributed by atoms with E-state index in [0.717, 1.165) is 5.56 Å². The van der Waals surface area contributed by atoms with Gasteiger partial charge < -0.3 is 14.8 Å². The number of nitrogens with zero attached hydrogens (tertiary/aromatic N) is 1. The summed E-state index contributed by atoms with van der Waals surface area (Å²) in [5.41, 5.74) is 0.174. The molecule has 0 fully saturated rings. The number of amides is 1. The third-order valence-corrected chi connectivity index (χ3v) is 2.48. The molecule has 0 saturated heterocycles. The minimum absolute atomic E-state index is 0.0847. The monoisotopic (exact) mass is 295 g/mol. The third kappa shape index (κ3) is 6.03. The molecule has 2 N–H and O–H groups in total. The molecule has 0 radical (unpaired) electrons. The first-order chi connectivity index (χ1) is 9.71. The largest absolute Gasteiger partial charge is 0.444 e. The average molecular weight is 295 g/mol. The Morgan fingerprint density at radius 2 is 1.95 bits per heavy atom. The van der Waals surface area contributed by atoms with E-state index in [1.807, 2.05) is 0 Å². The first kappa shape index (κ1) is 16.6. The molecule has 0 aliphatic heterocycles. The van der Waals surface area contributed by atoms with Crippen LogP contribution in [0.2, 0.25) is 0 Å². The predicted molar refractivity (Wildman–Crippen MR) is 74.4 cm³/mol. The molecule has 114 valence electrons. The van der Waals surface area contributed by atoms with Gasteiger partial charge in [-0.25, -0.2) is 10.0 Å². The molecule has 0 aliphatic carbocycles. The number of carbonyl (C=O) groups is 2. The fourth-order valence-electron chi connectivity index (χ4n) is 1.61. The summed E-state index contributed by atoms with van der Waals surface area (Å²) in [6.07, 6.45) is 0.203. The van der Waals surface area contributed by atoms with Gasteiger partial charge in [0, 0.05) is 12.1 Å². The predicted octanol–water partition coefficient (Wildman–Crippen LogP) is 2.12. The molecule has 0 saturated carbocycles. The lowest BCUT2D eigenvalue weighted by molar-refractivity contribution is -0.729. The zero-order valence-electron chi connectivity index (χ0n) is 12.2. The number of hydrogen-bond acceptors (Lipinski definition) is 4. The first-order valence-corrected chi connectivity index (χ1v) is 6.41. The minimum Gasteiger partial charge on any atom is -0.444 e. The minimum atomic E-state index is -0.733. The lowest BCUT2D eigenvalue weighted by atomic mass is 10.1. The maximum atomic E-state index is 11.6. The molecule has 0 aliphatic rings. The number of benzene rings is 1. The van der Waals surface area contributed by atoms with Crippen molar-refractivity contribution < 1.29 is 24.5 Å². The molecule has 1 unspecified atom stereocenters. The molecule has 0 spiro atoms. The molecule has 7 heteroatoms. The van der Waals surface area contributed by atoms with Crippen molar-refractivity contribution in [2.75, 3.05) is 0 Å². The Morgan fingerprint density at radius 3 is 2.38 bits per heavy atom. The van der Waals surface area contributed by atoms with Crippen molar-refractivity contribution in [3.8, 4) is 0 Å². The fourth-order valence-corrected chi connectivity index (χ4v) is 1.61. The second-order valence-corrected chi connectivity index (χ2v) is 5.53. The Bertz CT molecular complexity index is 519. The van der Waals surface area contributed by atoms with Crippen LogP contribution in [0, 0.1) is 4.91 Å². The highest BCUT2D eigenvalue weighted by Gasteiger charge is 2.19. The molecule has 7 nitrogen and oxygen atoms in total. The molecule has 0 heterocycles. The zero-order chi connectivity index (χ0) is 16.0. The topological polar surface area (TPSA) is 95.7 Å². The van der Waals surface area contributed by atoms with Crippen LogP contribution in [0.5, 0.6) is 0 Å². The standard InChI is InChI=1S/C14H18N2O5/c1-14(2,3)21-13(18)15-11(9-17)8-10-4-6-12(7-5-10)16(19)20/h4-7,9,11H,8H2,1-3H3,(H-,15,18,19,20)/p+1. The smallest absolute Gasteiger partial charge is 0.408 e. The van der Waals surface area contributed by atoms with E-state index in [1.165, 1.54) is 12.1 Å². The summed E-state index contributed by atoms with van der Waals surface area (Å²) in [5, 5.41) is 11.2. The summed E-state index contributed by atoms with van der Waals surface area (Å²) in [6, 6.07) is 5.27. The van der Waals surface area contributed by atoms with Gasteiger partial charge in [-0.1, -0.05) is 12.1 Å². The molecule has 1 atom stereocenters. The van der Waals surface area contributed by atoms with Gasteiger partial charge in [0.05, 0.1) is 10.9 Å². The van der Waals surface area contributed by atoms with E-state index < -0.39 is 17.7 Å². The quantitative estimate of drug-likeness (QED) is 0.640. The Hall–Kier alpha value is -2.44. The van der Waals surface area contributed by atoms with E-state index in [4.69, 9.17) is 9.94 Å². The maximum absolute atomic E-state index is 11.6. The number of hydrogen-bond donors (Lipinski definition) is 2. The Kier molecular flexibility index (Phi) is 5.40. The Labute approximate surface area is 122 Å². The van der Waals surface area contributed by atoms with Crippen molar-refractivity contribution in [1.82, 2.24) is 5.32 Å². The van der Waals surface area contributed by atoms with Crippen molar-refractivity contribution in [2.45, 2.75) is 38.8 Å². The van der Waals surface area contributed by atoms with Gasteiger partial charge >= 0.3 is 11.8 Å². The number of rotatable bonds is 5. The maximum Gasteiger partial charge on any atom is 0.408 e. The fraction of sp³-hybridized carbons (Fsp3) is 0.429. The second-order valence-electron chi connectivity index (χ2n) is 5.53. The van der Waals surface area contributed by atoms with Crippen molar-refractivity contribution in [3.63, 3.8) is 0 Å². The van der Waals surface area contributed by atoms with E-state index >= 15 is 0 Å². The molecule has 1 aromatic carbocycles. The molecule has 1 rings (SSSR count). The summed E-state index contributed by atoms with van der Waals surface area (Å²) in [5.74, 6) is 0. The highest BCUT2D eigenvalue weighted by Crippen LogP contribution is 2.13. The summed E-state index contributed by atoms with van der Waals surface area (Å²) >= 11 is 0. The number of carbonyl (C=O) groups excluding carboxylic acids is 2. The van der Waals surface area contributed by atoms with Crippen LogP contribution >= 0.6 is 0 Å². The first-order valence-electron chi connectivity index (χ1n) is 6.41. The average Bonchev–Trinajstić information content (AvgIpc) is 2.36. The molecule has 0 aromatic heterocycles. The van der Waals surface area contributed by atoms with Crippen LogP contribution < -0.4 is 5.32 Å². The molecule has 1 aromatic rings. The number of nitrogens with one attached hydrogen (secondary N) is 1. The highest BCUT2D eigenvalue weighted by molar-refractivity contribution is 5.73. The van der Waals surface area contributed by atoms with Gasteiger partial charge in [0.25, 0.3) is 4.92 Å². The zero-order valence-corrected chi connectivity index (χ0v) is 12.2. The number of aldehydes is 1. The third-order valence-electron chi connectivity index (χ3n) is 2.48. The van der Waals surface area contributed by atoms with Crippen LogP contribution in [0.4, 0.5) is 10.5 Å². The van der Waals surface area contributed by atoms with Gasteiger partial charge in [-0.15, -0.1) is 0 Å². The number of alkyl carbamates (subject to hydrolysis) is 1. The summed E-state index contributed by atoms with van der Waals surface area (Å²) in [7, 11) is 0. The van der Waals surface area contributed by atoms with Crippen LogP contribution in [0.1, 0.15) is 26.3 Å². The summed E-state index contributed by atoms with van der Waals surface area (Å²) in [4.78, 5) is 33.0. The summed E-state index contributed by atoms with van der Waals surface area (Å²) in [6.45, 7) is 5.18. The van der Waals surface area contributed by atoms with E-state index in [2.05, 4.69) is 5.32 Å². The van der Waals surface area contributed by atoms with E-state index in [0.29, 0.717) is 6.29 Å². The molecule has 21 heavy (non-hydrogen) atoms. The SMILES string of the molecule is CC(C)(C)OC(=O)NC(C=O)Cc1ccc([N+](=O)O)cc1. The van der Waals surface area contributed by atoms with Crippen molar-refractivity contribution in [2.24, 2.45) is 0 Å². The van der Waals surface area contributed by atoms with Crippen molar-refractivity contribution in [1.29, 1.82) is 0 Å². The Morgan fingerprint density at radius 1 is 1.38 bits per heavy atom. The van der Waals surface area contributed by atoms with Gasteiger partial charge in [0.1, 0.15) is 11.9 Å². The molecular weight excluding hydrogens is 276 g/mol. The van der Waals surface area contributed by atoms with Crippen LogP contribution in [0.3, 0.4) is 0 Å². The van der Waals surface area contributed by atoms with Gasteiger partial charge in [-0.05, 0) is 32.8 Å². The summed E-state index contributed by atoms with van der Waals surface area (Å²) < 4.78 is 5.07. The van der Waals surface area contributed by atoms with E-state index in [1.54, 1.807) is 32.9 Å². The molecular formula is C14H19N2O5+. The van der Waals surface area contributed by atoms with Gasteiger partial charge in [-0.3, -0.25) is 0 Å². The Balaban J connectivity index is 2.63. The van der Waals surface area contributed by atoms with Gasteiger partial charge in [-0.2, -0.15) is 0 Å².